The van der Waals surface area contributed by atoms with E-state index in [0.717, 1.165) is 6.07 Å². The summed E-state index contributed by atoms with van der Waals surface area (Å²) >= 11 is 5.63. The Morgan fingerprint density at radius 1 is 1.33 bits per heavy atom. The first-order valence-corrected chi connectivity index (χ1v) is 6.69. The maximum atomic E-state index is 13.0. The molecule has 5 nitrogen and oxygen atoms in total. The Kier molecular flexibility index (Phi) is 5.69. The first kappa shape index (κ1) is 17.4. The van der Waals surface area contributed by atoms with Crippen molar-refractivity contribution in [3.63, 3.8) is 0 Å². The zero-order chi connectivity index (χ0) is 16.2. The molecule has 0 saturated heterocycles. The Labute approximate surface area is 127 Å². The number of nitrogens with zero attached hydrogens (tertiary/aromatic N) is 1. The van der Waals surface area contributed by atoms with Crippen LogP contribution >= 0.6 is 11.6 Å². The number of carboxylic acids is 1. The van der Waals surface area contributed by atoms with Crippen molar-refractivity contribution in [1.82, 2.24) is 4.90 Å². The van der Waals surface area contributed by atoms with Gasteiger partial charge in [-0.1, -0.05) is 11.6 Å². The predicted molar refractivity (Wildman–Crippen MR) is 79.0 cm³/mol. The van der Waals surface area contributed by atoms with Gasteiger partial charge >= 0.3 is 5.97 Å². The molecule has 2 N–H and O–H groups in total. The van der Waals surface area contributed by atoms with Crippen molar-refractivity contribution in [3.05, 3.63) is 29.0 Å². The van der Waals surface area contributed by atoms with E-state index in [2.05, 4.69) is 5.32 Å². The fourth-order valence-electron chi connectivity index (χ4n) is 1.64. The Morgan fingerprint density at radius 2 is 1.95 bits per heavy atom. The second-order valence-electron chi connectivity index (χ2n) is 5.60. The number of carbonyl (C=O) groups is 2. The lowest BCUT2D eigenvalue weighted by Gasteiger charge is -2.33. The SMILES string of the molecule is CC(C)(C)N(CC(=O)O)CC(=O)Nc1ccc(F)c(Cl)c1. The molecule has 0 atom stereocenters. The van der Waals surface area contributed by atoms with Crippen LogP contribution in [0.25, 0.3) is 0 Å². The third-order valence-corrected chi connectivity index (χ3v) is 3.10. The summed E-state index contributed by atoms with van der Waals surface area (Å²) in [4.78, 5) is 24.3. The maximum absolute atomic E-state index is 13.0. The highest BCUT2D eigenvalue weighted by molar-refractivity contribution is 6.31. The van der Waals surface area contributed by atoms with Crippen LogP contribution in [0.15, 0.2) is 18.2 Å². The molecule has 0 aliphatic carbocycles. The molecule has 0 aromatic heterocycles. The summed E-state index contributed by atoms with van der Waals surface area (Å²) in [6, 6.07) is 3.84. The Hall–Kier alpha value is -1.66. The van der Waals surface area contributed by atoms with Crippen LogP contribution in [0.3, 0.4) is 0 Å². The molecule has 0 unspecified atom stereocenters. The van der Waals surface area contributed by atoms with Crippen molar-refractivity contribution in [2.75, 3.05) is 18.4 Å². The number of anilines is 1. The van der Waals surface area contributed by atoms with E-state index in [4.69, 9.17) is 16.7 Å². The zero-order valence-corrected chi connectivity index (χ0v) is 12.9. The van der Waals surface area contributed by atoms with Gasteiger partial charge in [-0.05, 0) is 39.0 Å². The molecule has 0 aliphatic rings. The van der Waals surface area contributed by atoms with Crippen molar-refractivity contribution in [3.8, 4) is 0 Å². The number of hydrogen-bond donors (Lipinski definition) is 2. The topological polar surface area (TPSA) is 69.6 Å². The van der Waals surface area contributed by atoms with Crippen molar-refractivity contribution < 1.29 is 19.1 Å². The van der Waals surface area contributed by atoms with Crippen molar-refractivity contribution in [1.29, 1.82) is 0 Å². The second-order valence-corrected chi connectivity index (χ2v) is 6.00. The minimum Gasteiger partial charge on any atom is -0.480 e. The number of hydrogen-bond acceptors (Lipinski definition) is 3. The summed E-state index contributed by atoms with van der Waals surface area (Å²) in [5.74, 6) is -1.98. The molecule has 21 heavy (non-hydrogen) atoms. The Morgan fingerprint density at radius 3 is 2.43 bits per heavy atom. The zero-order valence-electron chi connectivity index (χ0n) is 12.1. The van der Waals surface area contributed by atoms with Crippen molar-refractivity contribution in [2.45, 2.75) is 26.3 Å². The average molecular weight is 317 g/mol. The van der Waals surface area contributed by atoms with Gasteiger partial charge < -0.3 is 10.4 Å². The lowest BCUT2D eigenvalue weighted by atomic mass is 10.1. The molecule has 7 heteroatoms. The van der Waals surface area contributed by atoms with Gasteiger partial charge in [-0.15, -0.1) is 0 Å². The highest BCUT2D eigenvalue weighted by Gasteiger charge is 2.25. The lowest BCUT2D eigenvalue weighted by Crippen LogP contribution is -2.48. The van der Waals surface area contributed by atoms with Crippen LogP contribution in [0.2, 0.25) is 5.02 Å². The standard InChI is InChI=1S/C14H18ClFN2O3/c1-14(2,3)18(8-13(20)21)7-12(19)17-9-4-5-11(16)10(15)6-9/h4-6H,7-8H2,1-3H3,(H,17,19)(H,20,21). The average Bonchev–Trinajstić information content (AvgIpc) is 2.31. The third-order valence-electron chi connectivity index (χ3n) is 2.81. The Balaban J connectivity index is 2.73. The van der Waals surface area contributed by atoms with Crippen LogP contribution < -0.4 is 5.32 Å². The lowest BCUT2D eigenvalue weighted by molar-refractivity contribution is -0.140. The van der Waals surface area contributed by atoms with Gasteiger partial charge in [0.05, 0.1) is 18.1 Å². The second kappa shape index (κ2) is 6.87. The Bertz CT molecular complexity index is 544. The molecule has 1 amide bonds. The van der Waals surface area contributed by atoms with Crippen LogP contribution in [0, 0.1) is 5.82 Å². The predicted octanol–water partition coefficient (Wildman–Crippen LogP) is 2.60. The van der Waals surface area contributed by atoms with E-state index >= 15 is 0 Å². The van der Waals surface area contributed by atoms with Crippen LogP contribution in [0.4, 0.5) is 10.1 Å². The maximum Gasteiger partial charge on any atom is 0.317 e. The van der Waals surface area contributed by atoms with E-state index in [1.165, 1.54) is 17.0 Å². The minimum atomic E-state index is -1.01. The smallest absolute Gasteiger partial charge is 0.317 e. The van der Waals surface area contributed by atoms with E-state index in [1.54, 1.807) is 0 Å². The van der Waals surface area contributed by atoms with Gasteiger partial charge in [0.15, 0.2) is 0 Å². The number of aliphatic carboxylic acids is 1. The molecule has 116 valence electrons. The quantitative estimate of drug-likeness (QED) is 0.876. The molecule has 1 aromatic rings. The van der Waals surface area contributed by atoms with Gasteiger partial charge in [-0.3, -0.25) is 14.5 Å². The van der Waals surface area contributed by atoms with Gasteiger partial charge in [-0.25, -0.2) is 4.39 Å². The monoisotopic (exact) mass is 316 g/mol. The van der Waals surface area contributed by atoms with Crippen molar-refractivity contribution in [2.24, 2.45) is 0 Å². The molecular formula is C14H18ClFN2O3. The largest absolute Gasteiger partial charge is 0.480 e. The number of nitrogens with one attached hydrogen (secondary N) is 1. The summed E-state index contributed by atoms with van der Waals surface area (Å²) in [6.07, 6.45) is 0. The number of halogens is 2. The molecule has 1 aromatic carbocycles. The fourth-order valence-corrected chi connectivity index (χ4v) is 1.82. The van der Waals surface area contributed by atoms with Crippen molar-refractivity contribution >= 4 is 29.2 Å². The van der Waals surface area contributed by atoms with Gasteiger partial charge in [0.25, 0.3) is 0 Å². The minimum absolute atomic E-state index is 0.0917. The van der Waals surface area contributed by atoms with Crippen LogP contribution in [0.1, 0.15) is 20.8 Å². The first-order valence-electron chi connectivity index (χ1n) is 6.31. The summed E-state index contributed by atoms with van der Waals surface area (Å²) in [7, 11) is 0. The van der Waals surface area contributed by atoms with E-state index in [1.807, 2.05) is 20.8 Å². The number of carbonyl (C=O) groups excluding carboxylic acids is 1. The molecular weight excluding hydrogens is 299 g/mol. The van der Waals surface area contributed by atoms with Crippen LogP contribution in [-0.2, 0) is 9.59 Å². The third kappa shape index (κ3) is 5.69. The van der Waals surface area contributed by atoms with Gasteiger partial charge in [-0.2, -0.15) is 0 Å². The van der Waals surface area contributed by atoms with E-state index in [-0.39, 0.29) is 18.1 Å². The first-order chi connectivity index (χ1) is 9.59. The molecule has 0 aliphatic heterocycles. The van der Waals surface area contributed by atoms with E-state index in [9.17, 15) is 14.0 Å². The normalized spacial score (nSPS) is 11.5. The van der Waals surface area contributed by atoms with E-state index < -0.39 is 23.2 Å². The van der Waals surface area contributed by atoms with Crippen LogP contribution in [-0.4, -0.2) is 40.5 Å². The van der Waals surface area contributed by atoms with Gasteiger partial charge in [0, 0.05) is 11.2 Å². The molecule has 1 rings (SSSR count). The summed E-state index contributed by atoms with van der Waals surface area (Å²) in [6.45, 7) is 5.11. The molecule has 0 bridgehead atoms. The fraction of sp³-hybridized carbons (Fsp3) is 0.429. The number of amides is 1. The highest BCUT2D eigenvalue weighted by Crippen LogP contribution is 2.19. The summed E-state index contributed by atoms with van der Waals surface area (Å²) in [5, 5.41) is 11.4. The van der Waals surface area contributed by atoms with Gasteiger partial charge in [0.2, 0.25) is 5.91 Å². The van der Waals surface area contributed by atoms with Crippen LogP contribution in [0.5, 0.6) is 0 Å². The number of rotatable bonds is 5. The molecule has 0 saturated carbocycles. The molecule has 0 fully saturated rings. The molecule has 0 spiro atoms. The summed E-state index contributed by atoms with van der Waals surface area (Å²) in [5.41, 5.74) is -0.119. The molecule has 0 heterocycles. The number of benzene rings is 1. The summed E-state index contributed by atoms with van der Waals surface area (Å²) < 4.78 is 13.0. The van der Waals surface area contributed by atoms with Gasteiger partial charge in [0.1, 0.15) is 5.82 Å². The highest BCUT2D eigenvalue weighted by atomic mass is 35.5. The molecule has 0 radical (unpaired) electrons. The number of carboxylic acid groups (broad SMARTS) is 1. The van der Waals surface area contributed by atoms with E-state index in [0.29, 0.717) is 5.69 Å².